The number of aryl methyl sites for hydroxylation is 1. The van der Waals surface area contributed by atoms with Crippen LogP contribution in [0.1, 0.15) is 0 Å². The van der Waals surface area contributed by atoms with Crippen molar-refractivity contribution in [1.29, 1.82) is 0 Å². The fourth-order valence-electron chi connectivity index (χ4n) is 0.913. The van der Waals surface area contributed by atoms with Crippen LogP contribution in [-0.2, 0) is 7.05 Å². The van der Waals surface area contributed by atoms with Gasteiger partial charge in [0.25, 0.3) is 0 Å². The molecule has 49 valence electrons. The van der Waals surface area contributed by atoms with E-state index >= 15 is 0 Å². The van der Waals surface area contributed by atoms with E-state index in [9.17, 15) is 0 Å². The first-order valence-electron chi connectivity index (χ1n) is 3.03. The van der Waals surface area contributed by atoms with Gasteiger partial charge in [-0.1, -0.05) is 0 Å². The number of aromatic nitrogens is 3. The molecule has 2 rings (SSSR count). The molecule has 0 aliphatic carbocycles. The summed E-state index contributed by atoms with van der Waals surface area (Å²) in [5.41, 5.74) is 1.77. The SMILES string of the molecule is Cn1[c]nc2ncccc21. The molecular weight excluding hydrogens is 126 g/mol. The number of pyridine rings is 1. The van der Waals surface area contributed by atoms with Crippen molar-refractivity contribution in [3.63, 3.8) is 0 Å². The summed E-state index contributed by atoms with van der Waals surface area (Å²) in [5.74, 6) is 0. The number of hydrogen-bond donors (Lipinski definition) is 0. The van der Waals surface area contributed by atoms with Crippen molar-refractivity contribution in [1.82, 2.24) is 14.5 Å². The summed E-state index contributed by atoms with van der Waals surface area (Å²) >= 11 is 0. The van der Waals surface area contributed by atoms with Gasteiger partial charge in [-0.2, -0.15) is 0 Å². The molecule has 0 unspecified atom stereocenters. The molecule has 0 saturated carbocycles. The third kappa shape index (κ3) is 0.603. The van der Waals surface area contributed by atoms with Crippen LogP contribution in [0.3, 0.4) is 0 Å². The maximum Gasteiger partial charge on any atom is 0.179 e. The Morgan fingerprint density at radius 1 is 1.60 bits per heavy atom. The highest BCUT2D eigenvalue weighted by Crippen LogP contribution is 2.04. The predicted octanol–water partition coefficient (Wildman–Crippen LogP) is 0.768. The summed E-state index contributed by atoms with van der Waals surface area (Å²) in [6, 6.07) is 3.85. The highest BCUT2D eigenvalue weighted by Gasteiger charge is 1.96. The van der Waals surface area contributed by atoms with Crippen molar-refractivity contribution < 1.29 is 0 Å². The molecule has 10 heavy (non-hydrogen) atoms. The zero-order valence-electron chi connectivity index (χ0n) is 5.57. The second kappa shape index (κ2) is 1.80. The largest absolute Gasteiger partial charge is 0.323 e. The summed E-state index contributed by atoms with van der Waals surface area (Å²) < 4.78 is 1.82. The number of imidazole rings is 1. The van der Waals surface area contributed by atoms with Gasteiger partial charge in [-0.05, 0) is 12.1 Å². The van der Waals surface area contributed by atoms with Crippen LogP contribution < -0.4 is 0 Å². The summed E-state index contributed by atoms with van der Waals surface area (Å²) in [6.45, 7) is 0. The number of rotatable bonds is 0. The lowest BCUT2D eigenvalue weighted by Crippen LogP contribution is -1.83. The summed E-state index contributed by atoms with van der Waals surface area (Å²) in [7, 11) is 1.90. The van der Waals surface area contributed by atoms with Crippen molar-refractivity contribution >= 4 is 11.2 Å². The van der Waals surface area contributed by atoms with Crippen LogP contribution in [-0.4, -0.2) is 14.5 Å². The predicted molar refractivity (Wildman–Crippen MR) is 37.3 cm³/mol. The van der Waals surface area contributed by atoms with Crippen molar-refractivity contribution in [2.24, 2.45) is 7.05 Å². The lowest BCUT2D eigenvalue weighted by molar-refractivity contribution is 0.936. The minimum atomic E-state index is 0.755. The van der Waals surface area contributed by atoms with Crippen LogP contribution in [0, 0.1) is 6.33 Å². The van der Waals surface area contributed by atoms with Gasteiger partial charge in [0.1, 0.15) is 0 Å². The number of fused-ring (bicyclic) bond motifs is 1. The third-order valence-electron chi connectivity index (χ3n) is 1.43. The van der Waals surface area contributed by atoms with E-state index in [1.807, 2.05) is 23.7 Å². The highest BCUT2D eigenvalue weighted by atomic mass is 15.0. The number of nitrogens with zero attached hydrogens (tertiary/aromatic N) is 3. The molecule has 2 aromatic heterocycles. The molecule has 0 spiro atoms. The van der Waals surface area contributed by atoms with Gasteiger partial charge in [0.05, 0.1) is 5.52 Å². The van der Waals surface area contributed by atoms with Crippen molar-refractivity contribution in [2.45, 2.75) is 0 Å². The van der Waals surface area contributed by atoms with Crippen LogP contribution in [0.15, 0.2) is 18.3 Å². The maximum absolute atomic E-state index is 4.04. The van der Waals surface area contributed by atoms with E-state index in [-0.39, 0.29) is 0 Å². The number of hydrogen-bond acceptors (Lipinski definition) is 2. The molecular formula is C7H6N3. The van der Waals surface area contributed by atoms with E-state index in [4.69, 9.17) is 0 Å². The summed E-state index contributed by atoms with van der Waals surface area (Å²) in [5, 5.41) is 0. The lowest BCUT2D eigenvalue weighted by Gasteiger charge is -1.88. The molecule has 0 aromatic carbocycles. The van der Waals surface area contributed by atoms with Gasteiger partial charge < -0.3 is 4.57 Å². The molecule has 3 heteroatoms. The van der Waals surface area contributed by atoms with Crippen LogP contribution in [0.25, 0.3) is 11.2 Å². The van der Waals surface area contributed by atoms with E-state index in [0.29, 0.717) is 0 Å². The molecule has 0 N–H and O–H groups in total. The van der Waals surface area contributed by atoms with E-state index in [0.717, 1.165) is 11.2 Å². The molecule has 3 nitrogen and oxygen atoms in total. The second-order valence-corrected chi connectivity index (χ2v) is 2.12. The van der Waals surface area contributed by atoms with Crippen molar-refractivity contribution in [2.75, 3.05) is 0 Å². The minimum absolute atomic E-state index is 0.755. The second-order valence-electron chi connectivity index (χ2n) is 2.12. The smallest absolute Gasteiger partial charge is 0.179 e. The quantitative estimate of drug-likeness (QED) is 0.530. The Hall–Kier alpha value is -1.38. The molecule has 0 atom stereocenters. The molecule has 0 amide bonds. The fourth-order valence-corrected chi connectivity index (χ4v) is 0.913. The normalized spacial score (nSPS) is 10.5. The molecule has 0 saturated heterocycles. The summed E-state index contributed by atoms with van der Waals surface area (Å²) in [4.78, 5) is 7.98. The van der Waals surface area contributed by atoms with Gasteiger partial charge in [-0.3, -0.25) is 0 Å². The van der Waals surface area contributed by atoms with E-state index in [2.05, 4.69) is 16.3 Å². The maximum atomic E-state index is 4.04. The van der Waals surface area contributed by atoms with Gasteiger partial charge in [0.2, 0.25) is 0 Å². The van der Waals surface area contributed by atoms with Gasteiger partial charge >= 0.3 is 0 Å². The first-order chi connectivity index (χ1) is 4.88. The van der Waals surface area contributed by atoms with Gasteiger partial charge in [-0.15, -0.1) is 0 Å². The zero-order chi connectivity index (χ0) is 6.97. The Morgan fingerprint density at radius 2 is 2.50 bits per heavy atom. The standard InChI is InChI=1S/C7H6N3/c1-10-5-9-7-6(10)3-2-4-8-7/h2-4H,1H3. The Morgan fingerprint density at radius 3 is 3.30 bits per heavy atom. The van der Waals surface area contributed by atoms with Crippen LogP contribution >= 0.6 is 0 Å². The molecule has 2 aromatic rings. The molecule has 0 aliphatic heterocycles. The van der Waals surface area contributed by atoms with Gasteiger partial charge in [0.15, 0.2) is 12.0 Å². The lowest BCUT2D eigenvalue weighted by atomic mass is 10.4. The fraction of sp³-hybridized carbons (Fsp3) is 0.143. The van der Waals surface area contributed by atoms with Crippen LogP contribution in [0.2, 0.25) is 0 Å². The van der Waals surface area contributed by atoms with E-state index in [1.165, 1.54) is 0 Å². The zero-order valence-corrected chi connectivity index (χ0v) is 5.57. The summed E-state index contributed by atoms with van der Waals surface area (Å²) in [6.07, 6.45) is 4.51. The van der Waals surface area contributed by atoms with E-state index < -0.39 is 0 Å². The van der Waals surface area contributed by atoms with Gasteiger partial charge in [0, 0.05) is 13.2 Å². The first-order valence-corrected chi connectivity index (χ1v) is 3.03. The molecule has 0 aliphatic rings. The first kappa shape index (κ1) is 5.41. The molecule has 2 heterocycles. The molecule has 0 fully saturated rings. The highest BCUT2D eigenvalue weighted by molar-refractivity contribution is 5.69. The van der Waals surface area contributed by atoms with Crippen LogP contribution in [0.5, 0.6) is 0 Å². The minimum Gasteiger partial charge on any atom is -0.323 e. The Bertz CT molecular complexity index is 350. The monoisotopic (exact) mass is 132 g/mol. The molecule has 1 radical (unpaired) electrons. The average Bonchev–Trinajstić information content (AvgIpc) is 2.34. The average molecular weight is 132 g/mol. The Labute approximate surface area is 58.3 Å². The third-order valence-corrected chi connectivity index (χ3v) is 1.43. The Kier molecular flexibility index (Phi) is 0.974. The van der Waals surface area contributed by atoms with Crippen LogP contribution in [0.4, 0.5) is 0 Å². The van der Waals surface area contributed by atoms with Crippen molar-refractivity contribution in [3.05, 3.63) is 24.7 Å². The topological polar surface area (TPSA) is 30.7 Å². The molecule has 0 bridgehead atoms. The van der Waals surface area contributed by atoms with E-state index in [1.54, 1.807) is 6.20 Å². The van der Waals surface area contributed by atoms with Gasteiger partial charge in [-0.25, -0.2) is 9.97 Å². The Balaban J connectivity index is 2.93. The van der Waals surface area contributed by atoms with Crippen molar-refractivity contribution in [3.8, 4) is 0 Å².